The first-order valence-corrected chi connectivity index (χ1v) is 11.7. The van der Waals surface area contributed by atoms with Crippen LogP contribution in [0.15, 0.2) is 83.8 Å². The molecule has 2 bridgehead atoms. The standard InChI is InChI=1S/C26H25F3N6O/c1-18-12-14-33(22-11-10-20(17-30-22)26(27,28)29)15-16-34(18)25(36)23-24(19-7-3-2-4-8-19)35-13-6-5-9-21(31-23)32-35/h2-11,13,17-18H,12,14-16H2,1H3,(H,31,32)/t18-/m1/s1. The van der Waals surface area contributed by atoms with Crippen LogP contribution in [0.1, 0.15) is 24.5 Å². The van der Waals surface area contributed by atoms with Crippen LogP contribution in [0, 0.1) is 0 Å². The summed E-state index contributed by atoms with van der Waals surface area (Å²) in [5.41, 5.74) is 4.26. The van der Waals surface area contributed by atoms with Crippen molar-refractivity contribution in [1.29, 1.82) is 0 Å². The molecule has 1 aromatic heterocycles. The Kier molecular flexibility index (Phi) is 6.26. The van der Waals surface area contributed by atoms with Gasteiger partial charge in [0.1, 0.15) is 17.4 Å². The van der Waals surface area contributed by atoms with Gasteiger partial charge in [0.25, 0.3) is 5.91 Å². The molecule has 3 aliphatic rings. The zero-order valence-electron chi connectivity index (χ0n) is 19.6. The highest BCUT2D eigenvalue weighted by atomic mass is 19.4. The zero-order chi connectivity index (χ0) is 25.3. The molecule has 3 aliphatic heterocycles. The molecule has 10 heteroatoms. The van der Waals surface area contributed by atoms with Crippen molar-refractivity contribution in [3.63, 3.8) is 0 Å². The molecule has 0 aliphatic carbocycles. The Morgan fingerprint density at radius 2 is 1.86 bits per heavy atom. The molecule has 1 N–H and O–H groups in total. The van der Waals surface area contributed by atoms with Crippen LogP contribution in [0.5, 0.6) is 0 Å². The van der Waals surface area contributed by atoms with Gasteiger partial charge in [-0.1, -0.05) is 36.4 Å². The molecule has 1 aromatic carbocycles. The van der Waals surface area contributed by atoms with Gasteiger partial charge in [0.2, 0.25) is 0 Å². The van der Waals surface area contributed by atoms with Gasteiger partial charge in [0.15, 0.2) is 5.70 Å². The van der Waals surface area contributed by atoms with Gasteiger partial charge in [-0.05, 0) is 37.6 Å². The minimum atomic E-state index is -4.43. The van der Waals surface area contributed by atoms with Crippen molar-refractivity contribution in [2.45, 2.75) is 25.6 Å². The predicted octanol–water partition coefficient (Wildman–Crippen LogP) is 4.20. The summed E-state index contributed by atoms with van der Waals surface area (Å²) in [6.45, 7) is 3.38. The number of allylic oxidation sites excluding steroid dienone is 2. The van der Waals surface area contributed by atoms with E-state index in [9.17, 15) is 18.0 Å². The largest absolute Gasteiger partial charge is 0.417 e. The number of hydrazine groups is 1. The monoisotopic (exact) mass is 494 g/mol. The molecule has 4 heterocycles. The number of rotatable bonds is 3. The molecule has 0 saturated carbocycles. The molecule has 1 atom stereocenters. The summed E-state index contributed by atoms with van der Waals surface area (Å²) in [5, 5.41) is 1.80. The smallest absolute Gasteiger partial charge is 0.355 e. The van der Waals surface area contributed by atoms with Gasteiger partial charge in [-0.25, -0.2) is 9.98 Å². The van der Waals surface area contributed by atoms with Crippen LogP contribution in [-0.4, -0.2) is 52.3 Å². The van der Waals surface area contributed by atoms with E-state index < -0.39 is 11.7 Å². The lowest BCUT2D eigenvalue weighted by molar-refractivity contribution is -0.137. The Bertz CT molecular complexity index is 1250. The second-order valence-electron chi connectivity index (χ2n) is 8.77. The molecule has 2 aromatic rings. The van der Waals surface area contributed by atoms with Gasteiger partial charge in [-0.3, -0.25) is 15.2 Å². The van der Waals surface area contributed by atoms with Crippen LogP contribution < -0.4 is 10.3 Å². The number of aromatic nitrogens is 1. The normalized spacial score (nSPS) is 20.1. The van der Waals surface area contributed by atoms with Crippen LogP contribution in [0.25, 0.3) is 5.70 Å². The van der Waals surface area contributed by atoms with Crippen molar-refractivity contribution in [3.05, 3.63) is 89.9 Å². The number of nitrogens with zero attached hydrogens (tertiary/aromatic N) is 5. The highest BCUT2D eigenvalue weighted by Gasteiger charge is 2.34. The van der Waals surface area contributed by atoms with E-state index >= 15 is 0 Å². The number of amides is 1. The molecule has 0 spiro atoms. The number of anilines is 1. The van der Waals surface area contributed by atoms with E-state index in [0.717, 1.165) is 17.8 Å². The van der Waals surface area contributed by atoms with Crippen LogP contribution in [-0.2, 0) is 11.0 Å². The Morgan fingerprint density at radius 1 is 1.06 bits per heavy atom. The Hall–Kier alpha value is -4.08. The summed E-state index contributed by atoms with van der Waals surface area (Å²) < 4.78 is 38.8. The first-order valence-electron chi connectivity index (χ1n) is 11.7. The topological polar surface area (TPSA) is 64.1 Å². The van der Waals surface area contributed by atoms with Gasteiger partial charge in [0, 0.05) is 43.6 Å². The number of halogens is 3. The number of carbonyl (C=O) groups excluding carboxylic acids is 1. The van der Waals surface area contributed by atoms with Crippen molar-refractivity contribution >= 4 is 23.3 Å². The fourth-order valence-corrected chi connectivity index (χ4v) is 4.45. The lowest BCUT2D eigenvalue weighted by Gasteiger charge is -2.33. The highest BCUT2D eigenvalue weighted by Crippen LogP contribution is 2.31. The summed E-state index contributed by atoms with van der Waals surface area (Å²) in [6, 6.07) is 11.9. The predicted molar refractivity (Wildman–Crippen MR) is 131 cm³/mol. The van der Waals surface area contributed by atoms with Crippen molar-refractivity contribution in [2.24, 2.45) is 4.99 Å². The number of nitrogens with one attached hydrogen (secondary N) is 1. The summed E-state index contributed by atoms with van der Waals surface area (Å²) >= 11 is 0. The summed E-state index contributed by atoms with van der Waals surface area (Å²) in [6.07, 6.45) is 4.43. The fraction of sp³-hybridized carbons (Fsp3) is 0.269. The van der Waals surface area contributed by atoms with Gasteiger partial charge < -0.3 is 9.80 Å². The molecular formula is C26H25F3N6O. The van der Waals surface area contributed by atoms with Crippen LogP contribution in [0.3, 0.4) is 0 Å². The SMILES string of the molecule is C[C@@H]1CCN(c2ccc(C(F)(F)F)cn2)CCN1C(=O)C1=C(c2ccccc2)N2C=CC=CC(=N1)N2. The second kappa shape index (κ2) is 9.52. The second-order valence-corrected chi connectivity index (χ2v) is 8.77. The van der Waals surface area contributed by atoms with E-state index in [-0.39, 0.29) is 11.9 Å². The lowest BCUT2D eigenvalue weighted by Crippen LogP contribution is -2.45. The van der Waals surface area contributed by atoms with Crippen LogP contribution in [0.4, 0.5) is 19.0 Å². The summed E-state index contributed by atoms with van der Waals surface area (Å²) in [7, 11) is 0. The van der Waals surface area contributed by atoms with Crippen LogP contribution in [0.2, 0.25) is 0 Å². The van der Waals surface area contributed by atoms with E-state index in [2.05, 4.69) is 15.4 Å². The average Bonchev–Trinajstić information content (AvgIpc) is 3.19. The molecule has 0 unspecified atom stereocenters. The van der Waals surface area contributed by atoms with Gasteiger partial charge in [0.05, 0.1) is 5.56 Å². The molecule has 7 nitrogen and oxygen atoms in total. The Balaban J connectivity index is 1.43. The number of carbonyl (C=O) groups is 1. The maximum absolute atomic E-state index is 13.9. The lowest BCUT2D eigenvalue weighted by atomic mass is 10.1. The number of hydrogen-bond donors (Lipinski definition) is 1. The van der Waals surface area contributed by atoms with E-state index in [0.29, 0.717) is 49.1 Å². The molecular weight excluding hydrogens is 469 g/mol. The Morgan fingerprint density at radius 3 is 2.58 bits per heavy atom. The number of alkyl halides is 3. The first-order chi connectivity index (χ1) is 17.3. The number of amidine groups is 1. The van der Waals surface area contributed by atoms with E-state index in [4.69, 9.17) is 0 Å². The van der Waals surface area contributed by atoms with Crippen LogP contribution >= 0.6 is 0 Å². The summed E-state index contributed by atoms with van der Waals surface area (Å²) in [4.78, 5) is 26.3. The average molecular weight is 495 g/mol. The molecule has 0 radical (unpaired) electrons. The van der Waals surface area contributed by atoms with E-state index in [1.165, 1.54) is 6.07 Å². The number of hydrogen-bond acceptors (Lipinski definition) is 6. The van der Waals surface area contributed by atoms with E-state index in [1.54, 1.807) is 16.0 Å². The van der Waals surface area contributed by atoms with Gasteiger partial charge in [-0.15, -0.1) is 0 Å². The van der Waals surface area contributed by atoms with Crippen molar-refractivity contribution < 1.29 is 18.0 Å². The minimum absolute atomic E-state index is 0.0975. The zero-order valence-corrected chi connectivity index (χ0v) is 19.6. The molecule has 1 fully saturated rings. The number of benzene rings is 1. The highest BCUT2D eigenvalue weighted by molar-refractivity contribution is 6.07. The quantitative estimate of drug-likeness (QED) is 0.693. The van der Waals surface area contributed by atoms with Gasteiger partial charge in [-0.2, -0.15) is 13.2 Å². The third-order valence-corrected chi connectivity index (χ3v) is 6.40. The van der Waals surface area contributed by atoms with E-state index in [1.807, 2.05) is 60.5 Å². The number of aliphatic imine (C=N–C) groups is 1. The van der Waals surface area contributed by atoms with Crippen molar-refractivity contribution in [2.75, 3.05) is 24.5 Å². The fourth-order valence-electron chi connectivity index (χ4n) is 4.45. The summed E-state index contributed by atoms with van der Waals surface area (Å²) in [5.74, 6) is 0.820. The molecule has 186 valence electrons. The molecule has 1 saturated heterocycles. The van der Waals surface area contributed by atoms with Gasteiger partial charge >= 0.3 is 6.18 Å². The number of pyridine rings is 1. The first kappa shape index (κ1) is 23.7. The van der Waals surface area contributed by atoms with Crippen molar-refractivity contribution in [1.82, 2.24) is 20.3 Å². The molecule has 36 heavy (non-hydrogen) atoms. The third-order valence-electron chi connectivity index (χ3n) is 6.40. The maximum Gasteiger partial charge on any atom is 0.417 e. The van der Waals surface area contributed by atoms with Crippen molar-refractivity contribution in [3.8, 4) is 0 Å². The third kappa shape index (κ3) is 4.71. The maximum atomic E-state index is 13.9. The molecule has 1 amide bonds. The molecule has 5 rings (SSSR count). The number of fused-ring (bicyclic) bond motifs is 2. The Labute approximate surface area is 206 Å². The minimum Gasteiger partial charge on any atom is -0.355 e.